The Kier molecular flexibility index (Phi) is 4.09. The molecule has 1 fully saturated rings. The molecule has 1 aromatic rings. The minimum Gasteiger partial charge on any atom is -0.339 e. The molecular weight excluding hydrogens is 254 g/mol. The zero-order valence-electron chi connectivity index (χ0n) is 11.9. The van der Waals surface area contributed by atoms with E-state index in [4.69, 9.17) is 5.73 Å². The van der Waals surface area contributed by atoms with E-state index in [1.165, 1.54) is 0 Å². The first-order chi connectivity index (χ1) is 9.40. The van der Waals surface area contributed by atoms with Crippen LogP contribution in [0.4, 0.5) is 0 Å². The lowest BCUT2D eigenvalue weighted by molar-refractivity contribution is -0.135. The van der Waals surface area contributed by atoms with Crippen molar-refractivity contribution in [1.82, 2.24) is 10.2 Å². The topological polar surface area (TPSA) is 75.4 Å². The fourth-order valence-corrected chi connectivity index (χ4v) is 2.37. The molecule has 1 heterocycles. The quantitative estimate of drug-likeness (QED) is 0.855. The summed E-state index contributed by atoms with van der Waals surface area (Å²) >= 11 is 0. The maximum atomic E-state index is 12.4. The van der Waals surface area contributed by atoms with E-state index < -0.39 is 5.54 Å². The smallest absolute Gasteiger partial charge is 0.252 e. The predicted molar refractivity (Wildman–Crippen MR) is 77.2 cm³/mol. The summed E-state index contributed by atoms with van der Waals surface area (Å²) in [5, 5.41) is 2.79. The first kappa shape index (κ1) is 14.5. The molecule has 3 N–H and O–H groups in total. The van der Waals surface area contributed by atoms with Crippen molar-refractivity contribution >= 4 is 11.8 Å². The van der Waals surface area contributed by atoms with Gasteiger partial charge in [0.15, 0.2) is 0 Å². The molecule has 5 heteroatoms. The fraction of sp³-hybridized carbons (Fsp3) is 0.467. The van der Waals surface area contributed by atoms with Crippen LogP contribution < -0.4 is 11.1 Å². The van der Waals surface area contributed by atoms with Gasteiger partial charge in [0.2, 0.25) is 5.91 Å². The van der Waals surface area contributed by atoms with Gasteiger partial charge in [0.05, 0.1) is 0 Å². The zero-order valence-corrected chi connectivity index (χ0v) is 11.9. The van der Waals surface area contributed by atoms with Gasteiger partial charge in [0.25, 0.3) is 5.91 Å². The van der Waals surface area contributed by atoms with Gasteiger partial charge in [-0.1, -0.05) is 18.2 Å². The number of rotatable bonds is 3. The largest absolute Gasteiger partial charge is 0.339 e. The maximum absolute atomic E-state index is 12.4. The second kappa shape index (κ2) is 5.63. The van der Waals surface area contributed by atoms with Crippen molar-refractivity contribution in [2.75, 3.05) is 13.1 Å². The van der Waals surface area contributed by atoms with Crippen LogP contribution in [0.3, 0.4) is 0 Å². The van der Waals surface area contributed by atoms with Crippen molar-refractivity contribution in [1.29, 1.82) is 0 Å². The van der Waals surface area contributed by atoms with Gasteiger partial charge in [-0.05, 0) is 32.4 Å². The number of amides is 2. The Hall–Kier alpha value is -1.88. The molecule has 5 nitrogen and oxygen atoms in total. The van der Waals surface area contributed by atoms with Crippen LogP contribution >= 0.6 is 0 Å². The van der Waals surface area contributed by atoms with Gasteiger partial charge in [-0.15, -0.1) is 0 Å². The number of benzene rings is 1. The van der Waals surface area contributed by atoms with E-state index in [1.54, 1.807) is 43.0 Å². The highest BCUT2D eigenvalue weighted by molar-refractivity contribution is 5.98. The predicted octanol–water partition coefficient (Wildman–Crippen LogP) is 0.755. The second-order valence-corrected chi connectivity index (χ2v) is 5.75. The van der Waals surface area contributed by atoms with Crippen LogP contribution in [0.25, 0.3) is 0 Å². The fourth-order valence-electron chi connectivity index (χ4n) is 2.37. The van der Waals surface area contributed by atoms with Crippen LogP contribution in [0.2, 0.25) is 0 Å². The van der Waals surface area contributed by atoms with E-state index >= 15 is 0 Å². The molecule has 0 aromatic heterocycles. The summed E-state index contributed by atoms with van der Waals surface area (Å²) < 4.78 is 0. The Balaban J connectivity index is 2.03. The van der Waals surface area contributed by atoms with E-state index in [9.17, 15) is 9.59 Å². The summed E-state index contributed by atoms with van der Waals surface area (Å²) in [5.41, 5.74) is 5.43. The van der Waals surface area contributed by atoms with Crippen LogP contribution in [0.5, 0.6) is 0 Å². The highest BCUT2D eigenvalue weighted by Gasteiger charge is 2.36. The average molecular weight is 275 g/mol. The molecule has 1 atom stereocenters. The lowest BCUT2D eigenvalue weighted by Crippen LogP contribution is -2.55. The third-order valence-corrected chi connectivity index (χ3v) is 3.51. The van der Waals surface area contributed by atoms with Crippen LogP contribution in [-0.2, 0) is 4.79 Å². The second-order valence-electron chi connectivity index (χ2n) is 5.75. The average Bonchev–Trinajstić information content (AvgIpc) is 2.85. The molecule has 1 aliphatic rings. The summed E-state index contributed by atoms with van der Waals surface area (Å²) in [6.45, 7) is 4.66. The van der Waals surface area contributed by atoms with Crippen molar-refractivity contribution in [3.05, 3.63) is 35.9 Å². The summed E-state index contributed by atoms with van der Waals surface area (Å²) in [6, 6.07) is 8.92. The molecule has 1 aliphatic heterocycles. The normalized spacial score (nSPS) is 18.9. The zero-order chi connectivity index (χ0) is 14.8. The molecule has 1 saturated heterocycles. The number of carbonyl (C=O) groups excluding carboxylic acids is 2. The minimum atomic E-state index is -0.934. The van der Waals surface area contributed by atoms with Gasteiger partial charge in [-0.25, -0.2) is 0 Å². The minimum absolute atomic E-state index is 0.0413. The van der Waals surface area contributed by atoms with Crippen molar-refractivity contribution in [2.45, 2.75) is 31.8 Å². The van der Waals surface area contributed by atoms with Gasteiger partial charge in [0.1, 0.15) is 5.54 Å². The van der Waals surface area contributed by atoms with Gasteiger partial charge >= 0.3 is 0 Å². The number of hydrogen-bond acceptors (Lipinski definition) is 3. The molecule has 0 spiro atoms. The van der Waals surface area contributed by atoms with Gasteiger partial charge in [0, 0.05) is 24.7 Å². The molecular formula is C15H21N3O2. The molecule has 2 amide bonds. The number of likely N-dealkylation sites (tertiary alicyclic amines) is 1. The highest BCUT2D eigenvalue weighted by atomic mass is 16.2. The Morgan fingerprint density at radius 3 is 2.50 bits per heavy atom. The summed E-state index contributed by atoms with van der Waals surface area (Å²) in [7, 11) is 0. The Morgan fingerprint density at radius 1 is 1.30 bits per heavy atom. The van der Waals surface area contributed by atoms with Crippen LogP contribution in [0.15, 0.2) is 30.3 Å². The number of hydrogen-bond donors (Lipinski definition) is 2. The first-order valence-electron chi connectivity index (χ1n) is 6.82. The summed E-state index contributed by atoms with van der Waals surface area (Å²) in [4.78, 5) is 26.3. The Morgan fingerprint density at radius 2 is 1.95 bits per heavy atom. The number of nitrogens with two attached hydrogens (primary N) is 1. The highest BCUT2D eigenvalue weighted by Crippen LogP contribution is 2.15. The van der Waals surface area contributed by atoms with Crippen molar-refractivity contribution in [3.63, 3.8) is 0 Å². The van der Waals surface area contributed by atoms with E-state index in [-0.39, 0.29) is 17.9 Å². The maximum Gasteiger partial charge on any atom is 0.252 e. The SMILES string of the molecule is CC(C)(NC(=O)c1ccccc1)C(=O)N1CC[C@@H](N)C1. The Bertz CT molecular complexity index is 499. The Labute approximate surface area is 119 Å². The van der Waals surface area contributed by atoms with Crippen LogP contribution in [0, 0.1) is 0 Å². The summed E-state index contributed by atoms with van der Waals surface area (Å²) in [6.07, 6.45) is 0.814. The van der Waals surface area contributed by atoms with Gasteiger partial charge in [-0.2, -0.15) is 0 Å². The van der Waals surface area contributed by atoms with Crippen LogP contribution in [-0.4, -0.2) is 41.4 Å². The molecule has 108 valence electrons. The molecule has 0 saturated carbocycles. The molecule has 0 aliphatic carbocycles. The summed E-state index contributed by atoms with van der Waals surface area (Å²) in [5.74, 6) is -0.331. The molecule has 2 rings (SSSR count). The first-order valence-corrected chi connectivity index (χ1v) is 6.82. The number of carbonyl (C=O) groups is 2. The van der Waals surface area contributed by atoms with Crippen LogP contribution in [0.1, 0.15) is 30.6 Å². The van der Waals surface area contributed by atoms with Crippen molar-refractivity contribution in [2.24, 2.45) is 5.73 Å². The molecule has 0 radical (unpaired) electrons. The van der Waals surface area contributed by atoms with E-state index in [2.05, 4.69) is 5.32 Å². The molecule has 0 unspecified atom stereocenters. The lowest BCUT2D eigenvalue weighted by atomic mass is 10.0. The van der Waals surface area contributed by atoms with Gasteiger partial charge in [-0.3, -0.25) is 9.59 Å². The van der Waals surface area contributed by atoms with E-state index in [1.807, 2.05) is 6.07 Å². The standard InChI is InChI=1S/C15H21N3O2/c1-15(2,14(20)18-9-8-12(16)10-18)17-13(19)11-6-4-3-5-7-11/h3-7,12H,8-10,16H2,1-2H3,(H,17,19)/t12-/m1/s1. The number of nitrogens with zero attached hydrogens (tertiary/aromatic N) is 1. The van der Waals surface area contributed by atoms with Crippen molar-refractivity contribution < 1.29 is 9.59 Å². The van der Waals surface area contributed by atoms with E-state index in [0.717, 1.165) is 6.42 Å². The van der Waals surface area contributed by atoms with Crippen molar-refractivity contribution in [3.8, 4) is 0 Å². The third kappa shape index (κ3) is 3.17. The van der Waals surface area contributed by atoms with Gasteiger partial charge < -0.3 is 16.0 Å². The monoisotopic (exact) mass is 275 g/mol. The lowest BCUT2D eigenvalue weighted by Gasteiger charge is -2.30. The van der Waals surface area contributed by atoms with E-state index in [0.29, 0.717) is 18.7 Å². The molecule has 0 bridgehead atoms. The third-order valence-electron chi connectivity index (χ3n) is 3.51. The molecule has 1 aromatic carbocycles. The number of nitrogens with one attached hydrogen (secondary N) is 1. The molecule has 20 heavy (non-hydrogen) atoms.